The number of hydrogen-bond acceptors (Lipinski definition) is 1. The SMILES string of the molecule is C=C/C=c1/nc2ccccc2c(C(C)(C)C)/c1=C/C. The summed E-state index contributed by atoms with van der Waals surface area (Å²) >= 11 is 0. The molecule has 0 amide bonds. The third kappa shape index (κ3) is 2.46. The van der Waals surface area contributed by atoms with Crippen molar-refractivity contribution in [3.8, 4) is 0 Å². The van der Waals surface area contributed by atoms with Crippen LogP contribution in [0.5, 0.6) is 0 Å². The van der Waals surface area contributed by atoms with Crippen LogP contribution in [-0.2, 0) is 5.41 Å². The van der Waals surface area contributed by atoms with Crippen LogP contribution in [0.25, 0.3) is 23.1 Å². The Morgan fingerprint density at radius 3 is 2.42 bits per heavy atom. The number of fused-ring (bicyclic) bond motifs is 1. The Bertz CT molecular complexity index is 731. The second-order valence-electron chi connectivity index (χ2n) is 5.74. The van der Waals surface area contributed by atoms with Crippen molar-refractivity contribution >= 4 is 23.1 Å². The first kappa shape index (κ1) is 13.5. The van der Waals surface area contributed by atoms with Crippen LogP contribution in [0.1, 0.15) is 33.3 Å². The minimum Gasteiger partial charge on any atom is -0.248 e. The van der Waals surface area contributed by atoms with E-state index in [0.717, 1.165) is 10.9 Å². The molecule has 0 radical (unpaired) electrons. The lowest BCUT2D eigenvalue weighted by Gasteiger charge is -2.22. The number of pyridine rings is 1. The molecule has 0 spiro atoms. The topological polar surface area (TPSA) is 12.9 Å². The molecule has 0 unspecified atom stereocenters. The molecule has 2 rings (SSSR count). The maximum absolute atomic E-state index is 4.75. The van der Waals surface area contributed by atoms with Crippen LogP contribution in [0.3, 0.4) is 0 Å². The van der Waals surface area contributed by atoms with E-state index in [2.05, 4.69) is 58.5 Å². The van der Waals surface area contributed by atoms with E-state index in [1.807, 2.05) is 12.1 Å². The normalized spacial score (nSPS) is 14.1. The van der Waals surface area contributed by atoms with Crippen molar-refractivity contribution in [2.24, 2.45) is 0 Å². The first-order chi connectivity index (χ1) is 8.99. The minimum absolute atomic E-state index is 0.0775. The van der Waals surface area contributed by atoms with Crippen LogP contribution in [0.2, 0.25) is 0 Å². The number of rotatable bonds is 1. The Labute approximate surface area is 115 Å². The largest absolute Gasteiger partial charge is 0.248 e. The number of para-hydroxylation sites is 1. The van der Waals surface area contributed by atoms with Gasteiger partial charge in [0.2, 0.25) is 0 Å². The number of aromatic nitrogens is 1. The highest BCUT2D eigenvalue weighted by Gasteiger charge is 2.19. The fourth-order valence-corrected chi connectivity index (χ4v) is 2.58. The second kappa shape index (κ2) is 5.00. The Morgan fingerprint density at radius 1 is 1.16 bits per heavy atom. The summed E-state index contributed by atoms with van der Waals surface area (Å²) in [5.74, 6) is 0. The molecular formula is C18H21N. The van der Waals surface area contributed by atoms with E-state index in [9.17, 15) is 0 Å². The first-order valence-electron chi connectivity index (χ1n) is 6.67. The Kier molecular flexibility index (Phi) is 3.57. The van der Waals surface area contributed by atoms with Gasteiger partial charge in [0.1, 0.15) is 0 Å². The molecule has 2 aromatic rings. The van der Waals surface area contributed by atoms with Gasteiger partial charge in [-0.2, -0.15) is 0 Å². The molecule has 0 saturated carbocycles. The van der Waals surface area contributed by atoms with Crippen molar-refractivity contribution in [1.29, 1.82) is 0 Å². The van der Waals surface area contributed by atoms with Crippen LogP contribution < -0.4 is 10.6 Å². The van der Waals surface area contributed by atoms with Gasteiger partial charge < -0.3 is 0 Å². The molecule has 0 N–H and O–H groups in total. The van der Waals surface area contributed by atoms with Gasteiger partial charge in [-0.1, -0.05) is 57.7 Å². The molecule has 0 aliphatic rings. The number of hydrogen-bond donors (Lipinski definition) is 0. The lowest BCUT2D eigenvalue weighted by molar-refractivity contribution is 0.590. The van der Waals surface area contributed by atoms with Crippen molar-refractivity contribution in [3.05, 3.63) is 53.1 Å². The number of benzene rings is 1. The molecule has 0 saturated heterocycles. The molecule has 1 aromatic carbocycles. The summed E-state index contributed by atoms with van der Waals surface area (Å²) in [6, 6.07) is 8.35. The predicted molar refractivity (Wildman–Crippen MR) is 84.5 cm³/mol. The van der Waals surface area contributed by atoms with Crippen molar-refractivity contribution in [2.45, 2.75) is 33.1 Å². The molecule has 0 aliphatic heterocycles. The molecule has 0 atom stereocenters. The van der Waals surface area contributed by atoms with Gasteiger partial charge in [0.25, 0.3) is 0 Å². The summed E-state index contributed by atoms with van der Waals surface area (Å²) in [7, 11) is 0. The standard InChI is InChI=1S/C18H21N/c1-6-10-15-13(7-2)17(18(3,4)5)14-11-8-9-12-16(14)19-15/h6-12H,1H2,2-5H3/b13-7+,15-10+. The van der Waals surface area contributed by atoms with Crippen molar-refractivity contribution in [2.75, 3.05) is 0 Å². The van der Waals surface area contributed by atoms with E-state index in [1.165, 1.54) is 16.2 Å². The van der Waals surface area contributed by atoms with Crippen LogP contribution in [0.4, 0.5) is 0 Å². The lowest BCUT2D eigenvalue weighted by Crippen LogP contribution is -2.36. The fraction of sp³-hybridized carbons (Fsp3) is 0.278. The summed E-state index contributed by atoms with van der Waals surface area (Å²) in [6.45, 7) is 12.6. The van der Waals surface area contributed by atoms with Crippen LogP contribution in [0.15, 0.2) is 36.9 Å². The third-order valence-electron chi connectivity index (χ3n) is 3.27. The van der Waals surface area contributed by atoms with Gasteiger partial charge in [-0.25, -0.2) is 4.98 Å². The minimum atomic E-state index is 0.0775. The first-order valence-corrected chi connectivity index (χ1v) is 6.67. The predicted octanol–water partition coefficient (Wildman–Crippen LogP) is 3.30. The summed E-state index contributed by atoms with van der Waals surface area (Å²) in [6.07, 6.45) is 5.93. The van der Waals surface area contributed by atoms with Crippen molar-refractivity contribution in [3.63, 3.8) is 0 Å². The smallest absolute Gasteiger partial charge is 0.0712 e. The highest BCUT2D eigenvalue weighted by Crippen LogP contribution is 2.25. The molecule has 98 valence electrons. The monoisotopic (exact) mass is 251 g/mol. The molecule has 1 heterocycles. The zero-order chi connectivity index (χ0) is 14.0. The molecule has 19 heavy (non-hydrogen) atoms. The molecule has 0 aliphatic carbocycles. The molecule has 1 aromatic heterocycles. The summed E-state index contributed by atoms with van der Waals surface area (Å²) in [4.78, 5) is 4.75. The van der Waals surface area contributed by atoms with E-state index in [4.69, 9.17) is 4.98 Å². The molecule has 1 nitrogen and oxygen atoms in total. The quantitative estimate of drug-likeness (QED) is 0.758. The number of allylic oxidation sites excluding steroid dienone is 1. The second-order valence-corrected chi connectivity index (χ2v) is 5.74. The van der Waals surface area contributed by atoms with Crippen LogP contribution in [-0.4, -0.2) is 4.98 Å². The van der Waals surface area contributed by atoms with E-state index >= 15 is 0 Å². The lowest BCUT2D eigenvalue weighted by atomic mass is 9.83. The molecule has 0 bridgehead atoms. The van der Waals surface area contributed by atoms with E-state index in [0.29, 0.717) is 0 Å². The molecular weight excluding hydrogens is 230 g/mol. The van der Waals surface area contributed by atoms with E-state index < -0.39 is 0 Å². The summed E-state index contributed by atoms with van der Waals surface area (Å²) in [5.41, 5.74) is 2.48. The van der Waals surface area contributed by atoms with Gasteiger partial charge in [0.05, 0.1) is 10.9 Å². The third-order valence-corrected chi connectivity index (χ3v) is 3.27. The zero-order valence-corrected chi connectivity index (χ0v) is 12.2. The molecule has 1 heteroatoms. The van der Waals surface area contributed by atoms with E-state index in [-0.39, 0.29) is 5.41 Å². The van der Waals surface area contributed by atoms with Crippen molar-refractivity contribution < 1.29 is 0 Å². The summed E-state index contributed by atoms with van der Waals surface area (Å²) in [5, 5.41) is 3.46. The Hall–Kier alpha value is -1.89. The number of nitrogens with zero attached hydrogens (tertiary/aromatic N) is 1. The van der Waals surface area contributed by atoms with Crippen molar-refractivity contribution in [1.82, 2.24) is 4.98 Å². The maximum Gasteiger partial charge on any atom is 0.0712 e. The van der Waals surface area contributed by atoms with E-state index in [1.54, 1.807) is 6.08 Å². The average Bonchev–Trinajstić information content (AvgIpc) is 2.36. The Morgan fingerprint density at radius 2 is 1.84 bits per heavy atom. The van der Waals surface area contributed by atoms with Gasteiger partial charge in [0, 0.05) is 10.6 Å². The molecule has 0 fully saturated rings. The van der Waals surface area contributed by atoms with Gasteiger partial charge in [-0.3, -0.25) is 0 Å². The van der Waals surface area contributed by atoms with Gasteiger partial charge >= 0.3 is 0 Å². The van der Waals surface area contributed by atoms with Gasteiger partial charge in [-0.15, -0.1) is 0 Å². The Balaban J connectivity index is 3.13. The maximum atomic E-state index is 4.75. The highest BCUT2D eigenvalue weighted by atomic mass is 14.7. The van der Waals surface area contributed by atoms with Crippen LogP contribution >= 0.6 is 0 Å². The average molecular weight is 251 g/mol. The van der Waals surface area contributed by atoms with Gasteiger partial charge in [0.15, 0.2) is 0 Å². The van der Waals surface area contributed by atoms with Crippen LogP contribution in [0, 0.1) is 0 Å². The summed E-state index contributed by atoms with van der Waals surface area (Å²) < 4.78 is 0. The fourth-order valence-electron chi connectivity index (χ4n) is 2.58. The highest BCUT2D eigenvalue weighted by molar-refractivity contribution is 5.83. The van der Waals surface area contributed by atoms with Gasteiger partial charge in [-0.05, 0) is 30.0 Å². The zero-order valence-electron chi connectivity index (χ0n) is 12.2.